The number of nitrogen functional groups attached to an aromatic ring is 1. The summed E-state index contributed by atoms with van der Waals surface area (Å²) >= 11 is 5.89. The lowest BCUT2D eigenvalue weighted by Crippen LogP contribution is -2.33. The first-order chi connectivity index (χ1) is 13.5. The summed E-state index contributed by atoms with van der Waals surface area (Å²) in [5, 5.41) is 30.5. The summed E-state index contributed by atoms with van der Waals surface area (Å²) in [6.45, 7) is -0.454. The molecule has 9 nitrogen and oxygen atoms in total. The van der Waals surface area contributed by atoms with Crippen LogP contribution in [0.3, 0.4) is 0 Å². The Morgan fingerprint density at radius 2 is 1.89 bits per heavy atom. The third kappa shape index (κ3) is 3.17. The van der Waals surface area contributed by atoms with Crippen LogP contribution in [0.5, 0.6) is 0 Å². The molecule has 1 aliphatic heterocycles. The molecule has 1 aliphatic rings. The normalized spacial score (nSPS) is 24.3. The van der Waals surface area contributed by atoms with E-state index in [1.54, 1.807) is 24.3 Å². The van der Waals surface area contributed by atoms with Crippen LogP contribution in [0, 0.1) is 11.8 Å². The first-order valence-electron chi connectivity index (χ1n) is 8.38. The fourth-order valence-electron chi connectivity index (χ4n) is 3.01. The highest BCUT2D eigenvalue weighted by Gasteiger charge is 2.44. The molecule has 3 heterocycles. The Hall–Kier alpha value is -2.74. The van der Waals surface area contributed by atoms with Crippen molar-refractivity contribution in [2.45, 2.75) is 24.5 Å². The molecule has 144 valence electrons. The summed E-state index contributed by atoms with van der Waals surface area (Å²) in [6, 6.07) is 6.93. The van der Waals surface area contributed by atoms with E-state index in [1.807, 2.05) is 0 Å². The topological polar surface area (TPSA) is 140 Å². The van der Waals surface area contributed by atoms with Crippen LogP contribution in [0.25, 0.3) is 11.2 Å². The van der Waals surface area contributed by atoms with E-state index < -0.39 is 31.1 Å². The number of aromatic nitrogens is 4. The molecule has 28 heavy (non-hydrogen) atoms. The lowest BCUT2D eigenvalue weighted by Gasteiger charge is -2.17. The maximum absolute atomic E-state index is 10.4. The SMILES string of the molecule is Nc1ncnc2c1nc(C#Cc1ccc(Cl)cc1)n2[C@@H]1O[C@H](CO)[C@@H](O)[C@H]1O. The van der Waals surface area contributed by atoms with Crippen LogP contribution in [0.4, 0.5) is 5.82 Å². The molecule has 0 unspecified atom stereocenters. The molecule has 1 fully saturated rings. The lowest BCUT2D eigenvalue weighted by molar-refractivity contribution is -0.0514. The molecule has 1 aromatic carbocycles. The summed E-state index contributed by atoms with van der Waals surface area (Å²) in [4.78, 5) is 12.5. The first kappa shape index (κ1) is 18.6. The summed E-state index contributed by atoms with van der Waals surface area (Å²) in [7, 11) is 0. The standard InChI is InChI=1S/C18H16ClN5O4/c19-10-4-1-9(2-5-10)3-6-12-23-13-16(20)21-8-22-17(13)24(12)18-15(27)14(26)11(7-25)28-18/h1-2,4-5,8,11,14-15,18,25-27H,7H2,(H2,20,21,22)/t11-,14-,15-,18-/m1/s1. The number of aliphatic hydroxyl groups excluding tert-OH is 3. The fourth-order valence-corrected chi connectivity index (χ4v) is 3.14. The summed E-state index contributed by atoms with van der Waals surface area (Å²) in [6.07, 6.45) is -3.34. The van der Waals surface area contributed by atoms with Gasteiger partial charge in [0.1, 0.15) is 24.6 Å². The van der Waals surface area contributed by atoms with E-state index >= 15 is 0 Å². The van der Waals surface area contributed by atoms with Crippen molar-refractivity contribution in [2.24, 2.45) is 0 Å². The van der Waals surface area contributed by atoms with Crippen molar-refractivity contribution in [3.63, 3.8) is 0 Å². The van der Waals surface area contributed by atoms with Gasteiger partial charge in [-0.25, -0.2) is 15.0 Å². The zero-order chi connectivity index (χ0) is 19.8. The largest absolute Gasteiger partial charge is 0.394 e. The highest BCUT2D eigenvalue weighted by Crippen LogP contribution is 2.33. The molecule has 3 aromatic rings. The van der Waals surface area contributed by atoms with Gasteiger partial charge in [-0.3, -0.25) is 4.57 Å². The van der Waals surface area contributed by atoms with Crippen molar-refractivity contribution in [1.82, 2.24) is 19.5 Å². The van der Waals surface area contributed by atoms with Gasteiger partial charge in [-0.1, -0.05) is 17.5 Å². The minimum Gasteiger partial charge on any atom is -0.394 e. The van der Waals surface area contributed by atoms with E-state index in [9.17, 15) is 15.3 Å². The second-order valence-electron chi connectivity index (χ2n) is 6.22. The second-order valence-corrected chi connectivity index (χ2v) is 6.66. The lowest BCUT2D eigenvalue weighted by atomic mass is 10.1. The van der Waals surface area contributed by atoms with Crippen molar-refractivity contribution < 1.29 is 20.1 Å². The summed E-state index contributed by atoms with van der Waals surface area (Å²) in [5.41, 5.74) is 7.18. The summed E-state index contributed by atoms with van der Waals surface area (Å²) in [5.74, 6) is 6.22. The number of aliphatic hydroxyl groups is 3. The predicted octanol–water partition coefficient (Wildman–Crippen LogP) is 0.0732. The van der Waals surface area contributed by atoms with Gasteiger partial charge in [0.15, 0.2) is 29.0 Å². The average Bonchev–Trinajstić information content (AvgIpc) is 3.20. The van der Waals surface area contributed by atoms with Crippen molar-refractivity contribution in [1.29, 1.82) is 0 Å². The molecule has 0 saturated carbocycles. The van der Waals surface area contributed by atoms with E-state index in [1.165, 1.54) is 10.9 Å². The van der Waals surface area contributed by atoms with Crippen LogP contribution in [-0.2, 0) is 4.74 Å². The molecule has 0 amide bonds. The van der Waals surface area contributed by atoms with Crippen molar-refractivity contribution >= 4 is 28.6 Å². The number of nitrogens with two attached hydrogens (primary N) is 1. The Labute approximate surface area is 164 Å². The van der Waals surface area contributed by atoms with Gasteiger partial charge < -0.3 is 25.8 Å². The predicted molar refractivity (Wildman–Crippen MR) is 100 cm³/mol. The molecule has 5 N–H and O–H groups in total. The van der Waals surface area contributed by atoms with Crippen LogP contribution in [0.1, 0.15) is 17.6 Å². The second kappa shape index (κ2) is 7.35. The molecule has 1 saturated heterocycles. The fraction of sp³-hybridized carbons (Fsp3) is 0.278. The third-order valence-electron chi connectivity index (χ3n) is 4.44. The van der Waals surface area contributed by atoms with Crippen LogP contribution in [0.15, 0.2) is 30.6 Å². The van der Waals surface area contributed by atoms with E-state index in [2.05, 4.69) is 26.8 Å². The number of halogens is 1. The molecule has 0 spiro atoms. The van der Waals surface area contributed by atoms with Crippen molar-refractivity contribution in [3.05, 3.63) is 47.0 Å². The van der Waals surface area contributed by atoms with Gasteiger partial charge in [0, 0.05) is 10.6 Å². The molecule has 0 aliphatic carbocycles. The number of benzene rings is 1. The molecule has 0 radical (unpaired) electrons. The Kier molecular flexibility index (Phi) is 4.89. The zero-order valence-electron chi connectivity index (χ0n) is 14.4. The number of rotatable bonds is 2. The molecule has 10 heteroatoms. The number of ether oxygens (including phenoxy) is 1. The van der Waals surface area contributed by atoms with Crippen LogP contribution >= 0.6 is 11.6 Å². The quantitative estimate of drug-likeness (QED) is 0.442. The number of anilines is 1. The molecule has 0 bridgehead atoms. The number of nitrogens with zero attached hydrogens (tertiary/aromatic N) is 4. The molecular formula is C18H16ClN5O4. The van der Waals surface area contributed by atoms with Gasteiger partial charge in [0.2, 0.25) is 0 Å². The smallest absolute Gasteiger partial charge is 0.190 e. The average molecular weight is 402 g/mol. The van der Waals surface area contributed by atoms with Gasteiger partial charge in [-0.05, 0) is 30.2 Å². The van der Waals surface area contributed by atoms with Gasteiger partial charge >= 0.3 is 0 Å². The van der Waals surface area contributed by atoms with E-state index in [0.29, 0.717) is 21.7 Å². The van der Waals surface area contributed by atoms with Gasteiger partial charge in [0.05, 0.1) is 6.61 Å². The Morgan fingerprint density at radius 1 is 1.14 bits per heavy atom. The highest BCUT2D eigenvalue weighted by atomic mass is 35.5. The molecule has 4 atom stereocenters. The van der Waals surface area contributed by atoms with Crippen LogP contribution in [0.2, 0.25) is 5.02 Å². The summed E-state index contributed by atoms with van der Waals surface area (Å²) < 4.78 is 7.07. The van der Waals surface area contributed by atoms with E-state index in [-0.39, 0.29) is 11.6 Å². The Balaban J connectivity index is 1.84. The van der Waals surface area contributed by atoms with Crippen molar-refractivity contribution in [3.8, 4) is 11.8 Å². The monoisotopic (exact) mass is 401 g/mol. The third-order valence-corrected chi connectivity index (χ3v) is 4.69. The van der Waals surface area contributed by atoms with Gasteiger partial charge in [-0.2, -0.15) is 0 Å². The number of hydrogen-bond donors (Lipinski definition) is 4. The Morgan fingerprint density at radius 3 is 2.57 bits per heavy atom. The maximum atomic E-state index is 10.4. The van der Waals surface area contributed by atoms with Crippen molar-refractivity contribution in [2.75, 3.05) is 12.3 Å². The number of fused-ring (bicyclic) bond motifs is 1. The van der Waals surface area contributed by atoms with Crippen LogP contribution < -0.4 is 5.73 Å². The zero-order valence-corrected chi connectivity index (χ0v) is 15.2. The maximum Gasteiger partial charge on any atom is 0.190 e. The Bertz CT molecular complexity index is 1080. The number of imidazole rings is 1. The van der Waals surface area contributed by atoms with E-state index in [0.717, 1.165) is 0 Å². The molecule has 4 rings (SSSR count). The first-order valence-corrected chi connectivity index (χ1v) is 8.76. The minimum atomic E-state index is -1.32. The number of hydrogen-bond acceptors (Lipinski definition) is 8. The van der Waals surface area contributed by atoms with Gasteiger partial charge in [-0.15, -0.1) is 0 Å². The van der Waals surface area contributed by atoms with Crippen LogP contribution in [-0.4, -0.2) is 59.8 Å². The van der Waals surface area contributed by atoms with E-state index in [4.69, 9.17) is 22.1 Å². The highest BCUT2D eigenvalue weighted by molar-refractivity contribution is 6.30. The van der Waals surface area contributed by atoms with Gasteiger partial charge in [0.25, 0.3) is 0 Å². The minimum absolute atomic E-state index is 0.144. The molecular weight excluding hydrogens is 386 g/mol. The molecule has 2 aromatic heterocycles.